The number of likely N-dealkylation sites (N-methyl/N-ethyl adjacent to an activating group) is 1. The summed E-state index contributed by atoms with van der Waals surface area (Å²) in [6.45, 7) is 9.45. The summed E-state index contributed by atoms with van der Waals surface area (Å²) in [6.07, 6.45) is 0. The minimum Gasteiger partial charge on any atom is -0.480 e. The van der Waals surface area contributed by atoms with Crippen molar-refractivity contribution in [1.82, 2.24) is 4.90 Å². The van der Waals surface area contributed by atoms with E-state index in [9.17, 15) is 4.79 Å². The molecule has 0 aromatic carbocycles. The molecule has 0 aromatic rings. The Hall–Kier alpha value is -0.0900. The van der Waals surface area contributed by atoms with Gasteiger partial charge in [0.15, 0.2) is 0 Å². The maximum Gasteiger partial charge on any atom is 0.321 e. The van der Waals surface area contributed by atoms with E-state index in [1.54, 1.807) is 0 Å². The van der Waals surface area contributed by atoms with Crippen LogP contribution in [0.2, 0.25) is 0 Å². The van der Waals surface area contributed by atoms with Crippen LogP contribution >= 0.6 is 17.0 Å². The molecule has 80 valence electrons. The fourth-order valence-electron chi connectivity index (χ4n) is 1.48. The van der Waals surface area contributed by atoms with Crippen LogP contribution < -0.4 is 0 Å². The quantitative estimate of drug-likeness (QED) is 0.815. The van der Waals surface area contributed by atoms with Crippen molar-refractivity contribution >= 4 is 23.0 Å². The first-order valence-electron chi connectivity index (χ1n) is 4.51. The van der Waals surface area contributed by atoms with Gasteiger partial charge in [0.25, 0.3) is 0 Å². The molecule has 0 spiro atoms. The largest absolute Gasteiger partial charge is 0.480 e. The zero-order chi connectivity index (χ0) is 9.72. The maximum absolute atomic E-state index is 10.9. The Morgan fingerprint density at radius 2 is 1.69 bits per heavy atom. The molecule has 1 atom stereocenters. The Morgan fingerprint density at radius 1 is 1.31 bits per heavy atom. The van der Waals surface area contributed by atoms with E-state index in [4.69, 9.17) is 5.11 Å². The zero-order valence-corrected chi connectivity index (χ0v) is 10.5. The van der Waals surface area contributed by atoms with E-state index >= 15 is 0 Å². The first kappa shape index (κ1) is 15.4. The fraction of sp³-hybridized carbons (Fsp3) is 0.889. The maximum atomic E-state index is 10.9. The fourth-order valence-corrected chi connectivity index (χ4v) is 1.48. The lowest BCUT2D eigenvalue weighted by atomic mass is 10.0. The van der Waals surface area contributed by atoms with Crippen molar-refractivity contribution in [3.63, 3.8) is 0 Å². The smallest absolute Gasteiger partial charge is 0.321 e. The first-order chi connectivity index (χ1) is 5.54. The van der Waals surface area contributed by atoms with Gasteiger partial charge in [-0.05, 0) is 19.0 Å². The summed E-state index contributed by atoms with van der Waals surface area (Å²) in [5.74, 6) is -0.545. The predicted molar refractivity (Wildman–Crippen MR) is 59.5 cm³/mol. The van der Waals surface area contributed by atoms with E-state index in [1.165, 1.54) is 0 Å². The lowest BCUT2D eigenvalue weighted by Gasteiger charge is -2.28. The Labute approximate surface area is 90.9 Å². The molecule has 3 nitrogen and oxygen atoms in total. The number of rotatable bonds is 5. The van der Waals surface area contributed by atoms with Gasteiger partial charge in [-0.1, -0.05) is 27.7 Å². The molecule has 0 aliphatic carbocycles. The average molecular weight is 254 g/mol. The normalized spacial score (nSPS) is 12.8. The number of halogens is 1. The van der Waals surface area contributed by atoms with Crippen molar-refractivity contribution in [2.75, 3.05) is 13.1 Å². The van der Waals surface area contributed by atoms with Crippen molar-refractivity contribution in [2.24, 2.45) is 5.92 Å². The predicted octanol–water partition coefficient (Wildman–Crippen LogP) is 2.02. The second-order valence-corrected chi connectivity index (χ2v) is 3.25. The molecule has 0 aliphatic rings. The molecule has 0 aromatic heterocycles. The van der Waals surface area contributed by atoms with Crippen LogP contribution in [0.15, 0.2) is 0 Å². The summed E-state index contributed by atoms with van der Waals surface area (Å²) in [7, 11) is 0. The van der Waals surface area contributed by atoms with E-state index in [0.29, 0.717) is 0 Å². The standard InChI is InChI=1S/C9H19NO2.BrH/c1-5-10(6-2)8(7(3)4)9(11)12;/h7-8H,5-6H2,1-4H3,(H,11,12);1H. The molecule has 0 fully saturated rings. The molecule has 0 saturated carbocycles. The van der Waals surface area contributed by atoms with Crippen LogP contribution in [0.1, 0.15) is 27.7 Å². The molecule has 0 amide bonds. The second-order valence-electron chi connectivity index (χ2n) is 3.25. The molecule has 13 heavy (non-hydrogen) atoms. The van der Waals surface area contributed by atoms with E-state index in [1.807, 2.05) is 32.6 Å². The topological polar surface area (TPSA) is 40.5 Å². The Bertz CT molecular complexity index is 147. The highest BCUT2D eigenvalue weighted by atomic mass is 79.9. The number of carboxylic acid groups (broad SMARTS) is 1. The number of hydrogen-bond donors (Lipinski definition) is 1. The summed E-state index contributed by atoms with van der Waals surface area (Å²) >= 11 is 0. The molecule has 4 heteroatoms. The molecular weight excluding hydrogens is 234 g/mol. The Morgan fingerprint density at radius 3 is 1.77 bits per heavy atom. The number of carboxylic acids is 1. The van der Waals surface area contributed by atoms with Gasteiger partial charge in [-0.3, -0.25) is 9.69 Å². The number of nitrogens with zero attached hydrogens (tertiary/aromatic N) is 1. The highest BCUT2D eigenvalue weighted by Gasteiger charge is 2.26. The average Bonchev–Trinajstić information content (AvgIpc) is 1.98. The van der Waals surface area contributed by atoms with Gasteiger partial charge in [0, 0.05) is 0 Å². The van der Waals surface area contributed by atoms with Gasteiger partial charge in [-0.25, -0.2) is 0 Å². The zero-order valence-electron chi connectivity index (χ0n) is 8.78. The van der Waals surface area contributed by atoms with Crippen LogP contribution in [0.5, 0.6) is 0 Å². The SMILES string of the molecule is Br.CCN(CC)C(C(=O)O)C(C)C. The number of hydrogen-bond acceptors (Lipinski definition) is 2. The molecule has 0 saturated heterocycles. The molecule has 0 rings (SSSR count). The summed E-state index contributed by atoms with van der Waals surface area (Å²) in [6, 6.07) is -0.333. The minimum atomic E-state index is -0.714. The van der Waals surface area contributed by atoms with Crippen LogP contribution in [-0.4, -0.2) is 35.1 Å². The van der Waals surface area contributed by atoms with Crippen LogP contribution in [0.3, 0.4) is 0 Å². The Kier molecular flexibility index (Phi) is 8.67. The third-order valence-corrected chi connectivity index (χ3v) is 2.09. The summed E-state index contributed by atoms with van der Waals surface area (Å²) < 4.78 is 0. The van der Waals surface area contributed by atoms with Gasteiger partial charge < -0.3 is 5.11 Å². The van der Waals surface area contributed by atoms with Gasteiger partial charge in [-0.2, -0.15) is 0 Å². The third-order valence-electron chi connectivity index (χ3n) is 2.09. The summed E-state index contributed by atoms with van der Waals surface area (Å²) in [5.41, 5.74) is 0. The number of carbonyl (C=O) groups is 1. The lowest BCUT2D eigenvalue weighted by molar-refractivity contribution is -0.144. The van der Waals surface area contributed by atoms with Crippen molar-refractivity contribution < 1.29 is 9.90 Å². The van der Waals surface area contributed by atoms with Gasteiger partial charge in [-0.15, -0.1) is 17.0 Å². The Balaban J connectivity index is 0. The monoisotopic (exact) mass is 253 g/mol. The highest BCUT2D eigenvalue weighted by Crippen LogP contribution is 2.10. The molecule has 1 unspecified atom stereocenters. The van der Waals surface area contributed by atoms with E-state index < -0.39 is 5.97 Å². The molecular formula is C9H20BrNO2. The van der Waals surface area contributed by atoms with Crippen molar-refractivity contribution in [2.45, 2.75) is 33.7 Å². The third kappa shape index (κ3) is 4.62. The lowest BCUT2D eigenvalue weighted by Crippen LogP contribution is -2.44. The van der Waals surface area contributed by atoms with E-state index in [2.05, 4.69) is 0 Å². The van der Waals surface area contributed by atoms with Crippen molar-refractivity contribution in [1.29, 1.82) is 0 Å². The molecule has 0 aliphatic heterocycles. The van der Waals surface area contributed by atoms with Crippen LogP contribution in [0.4, 0.5) is 0 Å². The highest BCUT2D eigenvalue weighted by molar-refractivity contribution is 8.93. The molecule has 1 N–H and O–H groups in total. The molecule has 0 bridgehead atoms. The van der Waals surface area contributed by atoms with Crippen LogP contribution in [0, 0.1) is 5.92 Å². The summed E-state index contributed by atoms with van der Waals surface area (Å²) in [4.78, 5) is 12.8. The molecule has 0 radical (unpaired) electrons. The van der Waals surface area contributed by atoms with Gasteiger partial charge >= 0.3 is 5.97 Å². The van der Waals surface area contributed by atoms with Crippen molar-refractivity contribution in [3.8, 4) is 0 Å². The molecule has 0 heterocycles. The first-order valence-corrected chi connectivity index (χ1v) is 4.51. The van der Waals surface area contributed by atoms with Gasteiger partial charge in [0.2, 0.25) is 0 Å². The van der Waals surface area contributed by atoms with E-state index in [-0.39, 0.29) is 28.9 Å². The van der Waals surface area contributed by atoms with Gasteiger partial charge in [0.1, 0.15) is 6.04 Å². The van der Waals surface area contributed by atoms with E-state index in [0.717, 1.165) is 13.1 Å². The van der Waals surface area contributed by atoms with Crippen LogP contribution in [0.25, 0.3) is 0 Å². The van der Waals surface area contributed by atoms with Crippen LogP contribution in [-0.2, 0) is 4.79 Å². The second kappa shape index (κ2) is 7.33. The minimum absolute atomic E-state index is 0. The van der Waals surface area contributed by atoms with Gasteiger partial charge in [0.05, 0.1) is 0 Å². The van der Waals surface area contributed by atoms with Crippen molar-refractivity contribution in [3.05, 3.63) is 0 Å². The summed E-state index contributed by atoms with van der Waals surface area (Å²) in [5, 5.41) is 8.93. The number of aliphatic carboxylic acids is 1.